The van der Waals surface area contributed by atoms with Crippen LogP contribution in [0.2, 0.25) is 0 Å². The topological polar surface area (TPSA) is 82.4 Å². The molecule has 0 bridgehead atoms. The second kappa shape index (κ2) is 6.15. The number of rotatable bonds is 3. The predicted octanol–water partition coefficient (Wildman–Crippen LogP) is 2.69. The van der Waals surface area contributed by atoms with Gasteiger partial charge in [0.05, 0.1) is 0 Å². The minimum atomic E-state index is -0.987. The molecule has 2 fully saturated rings. The van der Waals surface area contributed by atoms with E-state index in [9.17, 15) is 14.9 Å². The molecule has 2 saturated carbocycles. The van der Waals surface area contributed by atoms with Crippen molar-refractivity contribution in [2.45, 2.75) is 82.9 Å². The predicted molar refractivity (Wildman–Crippen MR) is 80.7 cm³/mol. The highest BCUT2D eigenvalue weighted by atomic mass is 16.6. The van der Waals surface area contributed by atoms with Crippen molar-refractivity contribution in [1.29, 1.82) is 5.26 Å². The summed E-state index contributed by atoms with van der Waals surface area (Å²) in [6.07, 6.45) is 7.04. The minimum absolute atomic E-state index is 0.0109. The molecule has 22 heavy (non-hydrogen) atoms. The molecule has 0 unspecified atom stereocenters. The van der Waals surface area contributed by atoms with Gasteiger partial charge in [-0.2, -0.15) is 5.26 Å². The van der Waals surface area contributed by atoms with Crippen LogP contribution in [-0.2, 0) is 9.53 Å². The molecule has 0 heterocycles. The van der Waals surface area contributed by atoms with E-state index in [0.29, 0.717) is 12.8 Å². The van der Waals surface area contributed by atoms with Gasteiger partial charge < -0.3 is 10.1 Å². The Kier molecular flexibility index (Phi) is 4.64. The van der Waals surface area contributed by atoms with Crippen LogP contribution in [0.4, 0.5) is 4.79 Å². The summed E-state index contributed by atoms with van der Waals surface area (Å²) in [5, 5.41) is 12.1. The highest BCUT2D eigenvalue weighted by molar-refractivity contribution is 5.91. The highest BCUT2D eigenvalue weighted by Gasteiger charge is 2.47. The molecule has 2 amide bonds. The fraction of sp³-hybridized carbons (Fsp3) is 0.812. The van der Waals surface area contributed by atoms with Gasteiger partial charge in [-0.1, -0.05) is 19.3 Å². The summed E-state index contributed by atoms with van der Waals surface area (Å²) >= 11 is 0. The summed E-state index contributed by atoms with van der Waals surface area (Å²) in [6.45, 7) is 5.36. The zero-order valence-electron chi connectivity index (χ0n) is 13.6. The Bertz CT molecular complexity index is 480. The largest absolute Gasteiger partial charge is 0.444 e. The third-order valence-electron chi connectivity index (χ3n) is 4.10. The molecule has 122 valence electrons. The fourth-order valence-corrected chi connectivity index (χ4v) is 2.90. The second-order valence-corrected chi connectivity index (χ2v) is 7.28. The van der Waals surface area contributed by atoms with E-state index < -0.39 is 17.2 Å². The van der Waals surface area contributed by atoms with Crippen molar-refractivity contribution < 1.29 is 14.3 Å². The third-order valence-corrected chi connectivity index (χ3v) is 4.10. The van der Waals surface area contributed by atoms with E-state index in [-0.39, 0.29) is 11.9 Å². The van der Waals surface area contributed by atoms with Crippen molar-refractivity contribution in [3.05, 3.63) is 0 Å². The molecule has 6 nitrogen and oxygen atoms in total. The summed E-state index contributed by atoms with van der Waals surface area (Å²) in [6, 6.07) is 0.0109. The third kappa shape index (κ3) is 3.90. The quantitative estimate of drug-likeness (QED) is 0.642. The average Bonchev–Trinajstić information content (AvgIpc) is 3.22. The normalized spacial score (nSPS) is 20.6. The van der Waals surface area contributed by atoms with Gasteiger partial charge in [0, 0.05) is 6.04 Å². The number of nitrogens with zero attached hydrogens (tertiary/aromatic N) is 2. The zero-order valence-corrected chi connectivity index (χ0v) is 13.6. The Morgan fingerprint density at radius 2 is 1.82 bits per heavy atom. The number of nitrogens with one attached hydrogen (secondary N) is 1. The van der Waals surface area contributed by atoms with Crippen LogP contribution in [-0.4, -0.2) is 34.1 Å². The second-order valence-electron chi connectivity index (χ2n) is 7.28. The Labute approximate surface area is 131 Å². The number of nitriles is 1. The van der Waals surface area contributed by atoms with Crippen molar-refractivity contribution in [3.8, 4) is 6.19 Å². The first-order valence-corrected chi connectivity index (χ1v) is 8.02. The standard InChI is InChI=1S/C16H25N3O3/c1-15(2,3)22-14(21)18-16(9-5-4-6-10-16)13(20)19(11-17)12-7-8-12/h12H,4-10H2,1-3H3,(H,18,21). The van der Waals surface area contributed by atoms with E-state index in [0.717, 1.165) is 32.1 Å². The van der Waals surface area contributed by atoms with Gasteiger partial charge >= 0.3 is 6.09 Å². The number of ether oxygens (including phenoxy) is 1. The fourth-order valence-electron chi connectivity index (χ4n) is 2.90. The molecule has 2 aliphatic rings. The summed E-state index contributed by atoms with van der Waals surface area (Å²) in [4.78, 5) is 26.3. The smallest absolute Gasteiger partial charge is 0.408 e. The van der Waals surface area contributed by atoms with Crippen LogP contribution in [0.3, 0.4) is 0 Å². The highest BCUT2D eigenvalue weighted by Crippen LogP contribution is 2.34. The van der Waals surface area contributed by atoms with Gasteiger partial charge in [0.1, 0.15) is 11.1 Å². The van der Waals surface area contributed by atoms with Gasteiger partial charge in [0.25, 0.3) is 5.91 Å². The lowest BCUT2D eigenvalue weighted by Crippen LogP contribution is -2.60. The lowest BCUT2D eigenvalue weighted by molar-refractivity contribution is -0.137. The first-order valence-electron chi connectivity index (χ1n) is 8.02. The summed E-state index contributed by atoms with van der Waals surface area (Å²) in [5.74, 6) is -0.275. The molecule has 0 aliphatic heterocycles. The van der Waals surface area contributed by atoms with E-state index in [1.807, 2.05) is 6.19 Å². The number of alkyl carbamates (subject to hydrolysis) is 1. The number of amides is 2. The molecule has 2 rings (SSSR count). The van der Waals surface area contributed by atoms with E-state index >= 15 is 0 Å². The molecule has 0 spiro atoms. The van der Waals surface area contributed by atoms with E-state index in [4.69, 9.17) is 4.74 Å². The SMILES string of the molecule is CC(C)(C)OC(=O)NC1(C(=O)N(C#N)C2CC2)CCCCC1. The number of carbonyl (C=O) groups excluding carboxylic acids is 2. The van der Waals surface area contributed by atoms with Gasteiger partial charge in [-0.3, -0.25) is 4.79 Å². The maximum absolute atomic E-state index is 12.9. The van der Waals surface area contributed by atoms with Gasteiger partial charge in [0.2, 0.25) is 0 Å². The maximum Gasteiger partial charge on any atom is 0.408 e. The van der Waals surface area contributed by atoms with Crippen LogP contribution in [0.1, 0.15) is 65.7 Å². The molecule has 2 aliphatic carbocycles. The van der Waals surface area contributed by atoms with Crippen LogP contribution >= 0.6 is 0 Å². The van der Waals surface area contributed by atoms with Crippen LogP contribution in [0, 0.1) is 11.5 Å². The number of carbonyl (C=O) groups is 2. The van der Waals surface area contributed by atoms with E-state index in [1.165, 1.54) is 4.90 Å². The van der Waals surface area contributed by atoms with E-state index in [2.05, 4.69) is 5.32 Å². The summed E-state index contributed by atoms with van der Waals surface area (Å²) in [7, 11) is 0. The van der Waals surface area contributed by atoms with Crippen molar-refractivity contribution in [1.82, 2.24) is 10.2 Å². The number of hydrogen-bond donors (Lipinski definition) is 1. The molecular formula is C16H25N3O3. The molecule has 6 heteroatoms. The Morgan fingerprint density at radius 1 is 1.23 bits per heavy atom. The molecule has 0 aromatic carbocycles. The van der Waals surface area contributed by atoms with Crippen LogP contribution in [0.5, 0.6) is 0 Å². The lowest BCUT2D eigenvalue weighted by Gasteiger charge is -2.38. The van der Waals surface area contributed by atoms with E-state index in [1.54, 1.807) is 20.8 Å². The van der Waals surface area contributed by atoms with Crippen LogP contribution in [0.25, 0.3) is 0 Å². The molecule has 0 saturated heterocycles. The minimum Gasteiger partial charge on any atom is -0.444 e. The Morgan fingerprint density at radius 3 is 2.27 bits per heavy atom. The van der Waals surface area contributed by atoms with Gasteiger partial charge in [0.15, 0.2) is 6.19 Å². The average molecular weight is 307 g/mol. The molecule has 0 aromatic heterocycles. The van der Waals surface area contributed by atoms with Gasteiger partial charge in [-0.15, -0.1) is 0 Å². The molecular weight excluding hydrogens is 282 g/mol. The Hall–Kier alpha value is -1.77. The van der Waals surface area contributed by atoms with Crippen LogP contribution in [0.15, 0.2) is 0 Å². The first-order chi connectivity index (χ1) is 10.3. The van der Waals surface area contributed by atoms with Crippen molar-refractivity contribution in [2.24, 2.45) is 0 Å². The molecule has 0 aromatic rings. The number of hydrogen-bond acceptors (Lipinski definition) is 4. The van der Waals surface area contributed by atoms with Crippen LogP contribution < -0.4 is 5.32 Å². The maximum atomic E-state index is 12.9. The molecule has 0 atom stereocenters. The molecule has 1 N–H and O–H groups in total. The first kappa shape index (κ1) is 16.6. The summed E-state index contributed by atoms with van der Waals surface area (Å²) in [5.41, 5.74) is -1.60. The van der Waals surface area contributed by atoms with Crippen molar-refractivity contribution >= 4 is 12.0 Å². The lowest BCUT2D eigenvalue weighted by atomic mass is 9.80. The van der Waals surface area contributed by atoms with Gasteiger partial charge in [-0.25, -0.2) is 9.69 Å². The zero-order chi connectivity index (χ0) is 16.4. The Balaban J connectivity index is 2.15. The van der Waals surface area contributed by atoms with Crippen molar-refractivity contribution in [3.63, 3.8) is 0 Å². The molecule has 0 radical (unpaired) electrons. The van der Waals surface area contributed by atoms with Gasteiger partial charge in [-0.05, 0) is 46.5 Å². The summed E-state index contributed by atoms with van der Waals surface area (Å²) < 4.78 is 5.30. The van der Waals surface area contributed by atoms with Crippen molar-refractivity contribution in [2.75, 3.05) is 0 Å². The monoisotopic (exact) mass is 307 g/mol.